The van der Waals surface area contributed by atoms with Crippen molar-refractivity contribution in [3.63, 3.8) is 0 Å². The van der Waals surface area contributed by atoms with Crippen LogP contribution in [0.5, 0.6) is 0 Å². The number of fused-ring (bicyclic) bond motifs is 1. The first kappa shape index (κ1) is 18.7. The molecule has 0 aliphatic rings. The molecule has 0 aliphatic heterocycles. The SMILES string of the molecule is COC(=O)c1cccc(NS(=O)(=O)c2cccc3c(N(C)C)cccc23)c1. The molecule has 0 unspecified atom stereocenters. The van der Waals surface area contributed by atoms with Crippen LogP contribution < -0.4 is 9.62 Å². The van der Waals surface area contributed by atoms with Gasteiger partial charge in [0, 0.05) is 36.2 Å². The van der Waals surface area contributed by atoms with Gasteiger partial charge in [-0.1, -0.05) is 30.3 Å². The predicted molar refractivity (Wildman–Crippen MR) is 107 cm³/mol. The quantitative estimate of drug-likeness (QED) is 0.682. The van der Waals surface area contributed by atoms with Crippen molar-refractivity contribution in [2.24, 2.45) is 0 Å². The van der Waals surface area contributed by atoms with E-state index in [9.17, 15) is 13.2 Å². The zero-order valence-corrected chi connectivity index (χ0v) is 16.1. The molecular weight excluding hydrogens is 364 g/mol. The largest absolute Gasteiger partial charge is 0.465 e. The topological polar surface area (TPSA) is 75.7 Å². The van der Waals surface area contributed by atoms with Crippen molar-refractivity contribution in [1.82, 2.24) is 0 Å². The maximum Gasteiger partial charge on any atom is 0.337 e. The molecular formula is C20H20N2O4S. The fraction of sp³-hybridized carbons (Fsp3) is 0.150. The number of rotatable bonds is 5. The minimum atomic E-state index is -3.85. The number of nitrogens with one attached hydrogen (secondary N) is 1. The van der Waals surface area contributed by atoms with Crippen molar-refractivity contribution in [2.45, 2.75) is 4.90 Å². The average molecular weight is 384 g/mol. The molecule has 3 aromatic carbocycles. The van der Waals surface area contributed by atoms with Gasteiger partial charge in [-0.3, -0.25) is 4.72 Å². The highest BCUT2D eigenvalue weighted by Gasteiger charge is 2.19. The van der Waals surface area contributed by atoms with Crippen molar-refractivity contribution in [2.75, 3.05) is 30.8 Å². The molecule has 0 spiro atoms. The van der Waals surface area contributed by atoms with Crippen LogP contribution >= 0.6 is 0 Å². The van der Waals surface area contributed by atoms with E-state index in [1.807, 2.05) is 37.2 Å². The Morgan fingerprint density at radius 2 is 1.63 bits per heavy atom. The van der Waals surface area contributed by atoms with Crippen LogP contribution in [-0.4, -0.2) is 35.6 Å². The van der Waals surface area contributed by atoms with E-state index >= 15 is 0 Å². The third kappa shape index (κ3) is 3.73. The fourth-order valence-electron chi connectivity index (χ4n) is 2.93. The minimum Gasteiger partial charge on any atom is -0.465 e. The Morgan fingerprint density at radius 3 is 2.33 bits per heavy atom. The number of benzene rings is 3. The maximum atomic E-state index is 13.0. The molecule has 0 saturated carbocycles. The molecule has 0 fully saturated rings. The van der Waals surface area contributed by atoms with Crippen molar-refractivity contribution in [1.29, 1.82) is 0 Å². The van der Waals surface area contributed by atoms with E-state index in [1.54, 1.807) is 36.4 Å². The monoisotopic (exact) mass is 384 g/mol. The second-order valence-corrected chi connectivity index (χ2v) is 7.85. The van der Waals surface area contributed by atoms with E-state index in [4.69, 9.17) is 0 Å². The number of nitrogens with zero attached hydrogens (tertiary/aromatic N) is 1. The highest BCUT2D eigenvalue weighted by molar-refractivity contribution is 7.93. The molecule has 27 heavy (non-hydrogen) atoms. The van der Waals surface area contributed by atoms with Gasteiger partial charge in [0.05, 0.1) is 17.6 Å². The summed E-state index contributed by atoms with van der Waals surface area (Å²) in [5.41, 5.74) is 1.49. The standard InChI is InChI=1S/C20H20N2O4S/c1-22(2)18-11-5-10-17-16(18)9-6-12-19(17)27(24,25)21-15-8-4-7-14(13-15)20(23)26-3/h4-13,21H,1-3H3. The first-order valence-electron chi connectivity index (χ1n) is 8.24. The lowest BCUT2D eigenvalue weighted by molar-refractivity contribution is 0.0601. The van der Waals surface area contributed by atoms with Gasteiger partial charge in [-0.15, -0.1) is 0 Å². The summed E-state index contributed by atoms with van der Waals surface area (Å²) in [5.74, 6) is -0.531. The van der Waals surface area contributed by atoms with Gasteiger partial charge in [-0.2, -0.15) is 0 Å². The van der Waals surface area contributed by atoms with Crippen LogP contribution in [-0.2, 0) is 14.8 Å². The van der Waals surface area contributed by atoms with Crippen molar-refractivity contribution < 1.29 is 17.9 Å². The van der Waals surface area contributed by atoms with Crippen LogP contribution in [0, 0.1) is 0 Å². The fourth-order valence-corrected chi connectivity index (χ4v) is 4.20. The number of anilines is 2. The maximum absolute atomic E-state index is 13.0. The smallest absolute Gasteiger partial charge is 0.337 e. The van der Waals surface area contributed by atoms with Gasteiger partial charge in [0.2, 0.25) is 0 Å². The molecule has 0 atom stereocenters. The summed E-state index contributed by atoms with van der Waals surface area (Å²) in [6, 6.07) is 16.9. The Morgan fingerprint density at radius 1 is 0.963 bits per heavy atom. The Hall–Kier alpha value is -3.06. The molecule has 0 heterocycles. The van der Waals surface area contributed by atoms with Crippen molar-refractivity contribution in [3.05, 3.63) is 66.2 Å². The summed E-state index contributed by atoms with van der Waals surface area (Å²) < 4.78 is 33.2. The third-order valence-corrected chi connectivity index (χ3v) is 5.61. The second-order valence-electron chi connectivity index (χ2n) is 6.20. The number of hydrogen-bond donors (Lipinski definition) is 1. The van der Waals surface area contributed by atoms with Gasteiger partial charge in [-0.05, 0) is 30.3 Å². The van der Waals surface area contributed by atoms with Gasteiger partial charge in [0.25, 0.3) is 10.0 Å². The van der Waals surface area contributed by atoms with Crippen LogP contribution in [0.1, 0.15) is 10.4 Å². The number of ether oxygens (including phenoxy) is 1. The van der Waals surface area contributed by atoms with E-state index in [0.717, 1.165) is 11.1 Å². The number of sulfonamides is 1. The van der Waals surface area contributed by atoms with Crippen LogP contribution in [0.3, 0.4) is 0 Å². The molecule has 140 valence electrons. The average Bonchev–Trinajstić information content (AvgIpc) is 2.66. The van der Waals surface area contributed by atoms with Crippen LogP contribution in [0.2, 0.25) is 0 Å². The molecule has 6 nitrogen and oxygen atoms in total. The number of carbonyl (C=O) groups excluding carboxylic acids is 1. The molecule has 0 bridgehead atoms. The first-order chi connectivity index (χ1) is 12.8. The Labute approximate surface area is 158 Å². The molecule has 0 aliphatic carbocycles. The number of carbonyl (C=O) groups is 1. The van der Waals surface area contributed by atoms with Gasteiger partial charge < -0.3 is 9.64 Å². The van der Waals surface area contributed by atoms with Gasteiger partial charge in [0.1, 0.15) is 0 Å². The normalized spacial score (nSPS) is 11.2. The molecule has 1 N–H and O–H groups in total. The number of esters is 1. The minimum absolute atomic E-state index is 0.173. The molecule has 3 rings (SSSR count). The molecule has 7 heteroatoms. The number of hydrogen-bond acceptors (Lipinski definition) is 5. The van der Waals surface area contributed by atoms with E-state index in [1.165, 1.54) is 13.2 Å². The van der Waals surface area contributed by atoms with E-state index < -0.39 is 16.0 Å². The number of methoxy groups -OCH3 is 1. The lowest BCUT2D eigenvalue weighted by Gasteiger charge is -2.17. The summed E-state index contributed by atoms with van der Waals surface area (Å²) in [5, 5.41) is 1.47. The van der Waals surface area contributed by atoms with Gasteiger partial charge in [0.15, 0.2) is 0 Å². The highest BCUT2D eigenvalue weighted by Crippen LogP contribution is 2.31. The van der Waals surface area contributed by atoms with E-state index in [0.29, 0.717) is 11.1 Å². The van der Waals surface area contributed by atoms with Crippen LogP contribution in [0.25, 0.3) is 10.8 Å². The zero-order valence-electron chi connectivity index (χ0n) is 15.3. The molecule has 3 aromatic rings. The summed E-state index contributed by atoms with van der Waals surface area (Å²) in [6.45, 7) is 0. The van der Waals surface area contributed by atoms with Crippen molar-refractivity contribution >= 4 is 38.1 Å². The molecule has 0 radical (unpaired) electrons. The summed E-state index contributed by atoms with van der Waals surface area (Å²) in [4.78, 5) is 13.8. The van der Waals surface area contributed by atoms with Gasteiger partial charge >= 0.3 is 5.97 Å². The molecule has 0 amide bonds. The summed E-state index contributed by atoms with van der Waals surface area (Å²) >= 11 is 0. The lowest BCUT2D eigenvalue weighted by Crippen LogP contribution is -2.14. The third-order valence-electron chi connectivity index (χ3n) is 4.17. The zero-order chi connectivity index (χ0) is 19.6. The molecule has 0 saturated heterocycles. The Balaban J connectivity index is 2.06. The van der Waals surface area contributed by atoms with E-state index in [-0.39, 0.29) is 10.5 Å². The molecule has 0 aromatic heterocycles. The second kappa shape index (κ2) is 7.28. The Bertz CT molecular complexity index is 1110. The first-order valence-corrected chi connectivity index (χ1v) is 9.72. The Kier molecular flexibility index (Phi) is 5.05. The van der Waals surface area contributed by atoms with Crippen LogP contribution in [0.15, 0.2) is 65.6 Å². The lowest BCUT2D eigenvalue weighted by atomic mass is 10.1. The predicted octanol–water partition coefficient (Wildman–Crippen LogP) is 3.49. The van der Waals surface area contributed by atoms with Crippen LogP contribution in [0.4, 0.5) is 11.4 Å². The highest BCUT2D eigenvalue weighted by atomic mass is 32.2. The summed E-state index contributed by atoms with van der Waals surface area (Å²) in [6.07, 6.45) is 0. The van der Waals surface area contributed by atoms with E-state index in [2.05, 4.69) is 9.46 Å². The van der Waals surface area contributed by atoms with Crippen molar-refractivity contribution in [3.8, 4) is 0 Å². The summed E-state index contributed by atoms with van der Waals surface area (Å²) in [7, 11) is 1.24. The van der Waals surface area contributed by atoms with Gasteiger partial charge in [-0.25, -0.2) is 13.2 Å².